The van der Waals surface area contributed by atoms with Gasteiger partial charge in [-0.05, 0) is 61.7 Å². The second-order valence-electron chi connectivity index (χ2n) is 8.64. The molecule has 4 aromatic rings. The molecule has 190 valence electrons. The maximum absolute atomic E-state index is 13.2. The molecule has 1 amide bonds. The van der Waals surface area contributed by atoms with E-state index in [2.05, 4.69) is 10.4 Å². The predicted octanol–water partition coefficient (Wildman–Crippen LogP) is 5.28. The molecule has 0 fully saturated rings. The summed E-state index contributed by atoms with van der Waals surface area (Å²) in [6, 6.07) is 18.7. The largest absolute Gasteiger partial charge is 0.493 e. The van der Waals surface area contributed by atoms with Gasteiger partial charge < -0.3 is 19.5 Å². The van der Waals surface area contributed by atoms with Crippen LogP contribution in [0.2, 0.25) is 0 Å². The molecule has 0 radical (unpaired) electrons. The summed E-state index contributed by atoms with van der Waals surface area (Å²) in [7, 11) is 3.10. The molecule has 0 bridgehead atoms. The van der Waals surface area contributed by atoms with Crippen LogP contribution in [0.3, 0.4) is 0 Å². The number of aromatic nitrogens is 2. The Morgan fingerprint density at radius 3 is 2.22 bits per heavy atom. The van der Waals surface area contributed by atoms with Crippen molar-refractivity contribution in [3.05, 3.63) is 89.2 Å². The number of esters is 1. The fraction of sp³-hybridized carbons (Fsp3) is 0.207. The Morgan fingerprint density at radius 2 is 1.57 bits per heavy atom. The Balaban J connectivity index is 1.60. The highest BCUT2D eigenvalue weighted by Gasteiger charge is 2.22. The van der Waals surface area contributed by atoms with Gasteiger partial charge in [0.25, 0.3) is 5.91 Å². The molecule has 8 nitrogen and oxygen atoms in total. The molecule has 0 aliphatic carbocycles. The summed E-state index contributed by atoms with van der Waals surface area (Å²) >= 11 is 0. The molecule has 37 heavy (non-hydrogen) atoms. The summed E-state index contributed by atoms with van der Waals surface area (Å²) in [4.78, 5) is 25.8. The van der Waals surface area contributed by atoms with Crippen LogP contribution in [0.5, 0.6) is 11.5 Å². The first kappa shape index (κ1) is 25.5. The van der Waals surface area contributed by atoms with Gasteiger partial charge in [0.05, 0.1) is 19.9 Å². The number of methoxy groups -OCH3 is 2. The summed E-state index contributed by atoms with van der Waals surface area (Å²) < 4.78 is 17.8. The zero-order valence-electron chi connectivity index (χ0n) is 21.5. The molecule has 0 aliphatic rings. The Bertz CT molecular complexity index is 1420. The molecule has 0 aliphatic heterocycles. The van der Waals surface area contributed by atoms with Crippen LogP contribution in [-0.2, 0) is 9.53 Å². The third kappa shape index (κ3) is 5.64. The molecule has 0 unspecified atom stereocenters. The lowest BCUT2D eigenvalue weighted by molar-refractivity contribution is -0.119. The van der Waals surface area contributed by atoms with Crippen molar-refractivity contribution in [1.82, 2.24) is 9.78 Å². The topological polar surface area (TPSA) is 91.7 Å². The normalized spacial score (nSPS) is 10.6. The first-order chi connectivity index (χ1) is 17.8. The number of rotatable bonds is 8. The van der Waals surface area contributed by atoms with Gasteiger partial charge in [0.15, 0.2) is 23.8 Å². The number of para-hydroxylation sites is 1. The molecule has 0 saturated heterocycles. The van der Waals surface area contributed by atoms with Crippen molar-refractivity contribution in [1.29, 1.82) is 0 Å². The summed E-state index contributed by atoms with van der Waals surface area (Å²) in [5, 5.41) is 7.34. The monoisotopic (exact) mass is 499 g/mol. The molecule has 0 saturated carbocycles. The number of benzene rings is 3. The van der Waals surface area contributed by atoms with E-state index in [9.17, 15) is 9.59 Å². The molecule has 0 spiro atoms. The van der Waals surface area contributed by atoms with Crippen LogP contribution in [0.15, 0.2) is 66.9 Å². The van der Waals surface area contributed by atoms with Crippen molar-refractivity contribution < 1.29 is 23.8 Å². The van der Waals surface area contributed by atoms with E-state index >= 15 is 0 Å². The average Bonchev–Trinajstić information content (AvgIpc) is 3.35. The van der Waals surface area contributed by atoms with Gasteiger partial charge in [-0.3, -0.25) is 4.79 Å². The van der Waals surface area contributed by atoms with Crippen molar-refractivity contribution >= 4 is 17.6 Å². The lowest BCUT2D eigenvalue weighted by Crippen LogP contribution is -2.22. The quantitative estimate of drug-likeness (QED) is 0.332. The van der Waals surface area contributed by atoms with Gasteiger partial charge in [-0.1, -0.05) is 42.0 Å². The number of nitrogens with zero attached hydrogens (tertiary/aromatic N) is 2. The van der Waals surface area contributed by atoms with E-state index in [-0.39, 0.29) is 5.69 Å². The Kier molecular flexibility index (Phi) is 7.57. The Morgan fingerprint density at radius 1 is 0.892 bits per heavy atom. The van der Waals surface area contributed by atoms with E-state index in [4.69, 9.17) is 14.2 Å². The third-order valence-corrected chi connectivity index (χ3v) is 5.90. The molecule has 1 N–H and O–H groups in total. The predicted molar refractivity (Wildman–Crippen MR) is 142 cm³/mol. The van der Waals surface area contributed by atoms with E-state index in [0.717, 1.165) is 22.4 Å². The van der Waals surface area contributed by atoms with Gasteiger partial charge in [-0.15, -0.1) is 0 Å². The van der Waals surface area contributed by atoms with Gasteiger partial charge in [-0.25, -0.2) is 9.48 Å². The lowest BCUT2D eigenvalue weighted by Gasteiger charge is -2.13. The number of nitrogens with one attached hydrogen (secondary N) is 1. The number of carbonyl (C=O) groups is 2. The molecule has 0 atom stereocenters. The summed E-state index contributed by atoms with van der Waals surface area (Å²) in [6.07, 6.45) is 1.74. The van der Waals surface area contributed by atoms with Crippen LogP contribution in [0.1, 0.15) is 27.2 Å². The Hall–Kier alpha value is -4.59. The molecule has 1 heterocycles. The van der Waals surface area contributed by atoms with Crippen LogP contribution < -0.4 is 14.8 Å². The van der Waals surface area contributed by atoms with Crippen LogP contribution in [0, 0.1) is 20.8 Å². The highest BCUT2D eigenvalue weighted by Crippen LogP contribution is 2.34. The number of hydrogen-bond donors (Lipinski definition) is 1. The van der Waals surface area contributed by atoms with E-state index in [1.54, 1.807) is 43.3 Å². The lowest BCUT2D eigenvalue weighted by atomic mass is 10.1. The molecule has 1 aromatic heterocycles. The zero-order valence-corrected chi connectivity index (χ0v) is 21.5. The SMILES string of the molecule is COc1ccc(-c2cn(-c3ccccc3)nc2C(=O)OCC(=O)Nc2c(C)cc(C)cc2C)cc1OC. The number of carbonyl (C=O) groups excluding carboxylic acids is 2. The summed E-state index contributed by atoms with van der Waals surface area (Å²) in [6.45, 7) is 5.40. The van der Waals surface area contributed by atoms with Crippen LogP contribution >= 0.6 is 0 Å². The van der Waals surface area contributed by atoms with Crippen molar-refractivity contribution in [3.63, 3.8) is 0 Å². The Labute approximate surface area is 215 Å². The fourth-order valence-electron chi connectivity index (χ4n) is 4.20. The second kappa shape index (κ2) is 11.0. The summed E-state index contributed by atoms with van der Waals surface area (Å²) in [5.41, 5.74) is 5.76. The number of anilines is 1. The number of amides is 1. The highest BCUT2D eigenvalue weighted by atomic mass is 16.5. The smallest absolute Gasteiger partial charge is 0.360 e. The average molecular weight is 500 g/mol. The van der Waals surface area contributed by atoms with E-state index in [0.29, 0.717) is 28.3 Å². The number of ether oxygens (including phenoxy) is 3. The van der Waals surface area contributed by atoms with Gasteiger partial charge in [0.1, 0.15) is 0 Å². The van der Waals surface area contributed by atoms with Gasteiger partial charge in [-0.2, -0.15) is 5.10 Å². The standard InChI is InChI=1S/C29H29N3O5/c1-18-13-19(2)27(20(3)14-18)30-26(33)17-37-29(34)28-23(16-32(31-28)22-9-7-6-8-10-22)21-11-12-24(35-4)25(15-21)36-5/h6-16H,17H2,1-5H3,(H,30,33). The number of aryl methyl sites for hydroxylation is 3. The van der Waals surface area contributed by atoms with E-state index in [1.807, 2.05) is 63.2 Å². The maximum Gasteiger partial charge on any atom is 0.360 e. The van der Waals surface area contributed by atoms with Crippen LogP contribution in [0.4, 0.5) is 5.69 Å². The highest BCUT2D eigenvalue weighted by molar-refractivity contribution is 5.98. The first-order valence-electron chi connectivity index (χ1n) is 11.7. The third-order valence-electron chi connectivity index (χ3n) is 5.90. The van der Waals surface area contributed by atoms with Crippen LogP contribution in [0.25, 0.3) is 16.8 Å². The molecule has 4 rings (SSSR count). The summed E-state index contributed by atoms with van der Waals surface area (Å²) in [5.74, 6) is -0.0790. The van der Waals surface area contributed by atoms with E-state index < -0.39 is 18.5 Å². The molecular formula is C29H29N3O5. The minimum absolute atomic E-state index is 0.0755. The number of hydrogen-bond acceptors (Lipinski definition) is 6. The minimum Gasteiger partial charge on any atom is -0.493 e. The van der Waals surface area contributed by atoms with Crippen molar-refractivity contribution in [2.45, 2.75) is 20.8 Å². The van der Waals surface area contributed by atoms with Gasteiger partial charge in [0.2, 0.25) is 0 Å². The maximum atomic E-state index is 13.2. The first-order valence-corrected chi connectivity index (χ1v) is 11.7. The molecule has 8 heteroatoms. The van der Waals surface area contributed by atoms with Crippen molar-refractivity contribution in [2.75, 3.05) is 26.1 Å². The van der Waals surface area contributed by atoms with Gasteiger partial charge in [0, 0.05) is 17.4 Å². The second-order valence-corrected chi connectivity index (χ2v) is 8.64. The molecular weight excluding hydrogens is 470 g/mol. The zero-order chi connectivity index (χ0) is 26.5. The van der Waals surface area contributed by atoms with Crippen molar-refractivity contribution in [2.24, 2.45) is 0 Å². The van der Waals surface area contributed by atoms with Crippen molar-refractivity contribution in [3.8, 4) is 28.3 Å². The molecule has 3 aromatic carbocycles. The van der Waals surface area contributed by atoms with Gasteiger partial charge >= 0.3 is 5.97 Å². The minimum atomic E-state index is -0.716. The fourth-order valence-corrected chi connectivity index (χ4v) is 4.20. The van der Waals surface area contributed by atoms with Crippen LogP contribution in [-0.4, -0.2) is 42.5 Å². The van der Waals surface area contributed by atoms with E-state index in [1.165, 1.54) is 0 Å².